The highest BCUT2D eigenvalue weighted by atomic mass is 35.5. The standard InChI is InChI=1S/C25H20ClFN6O/c1-25(2,13-28)16-6-7-30-20(9-16)24(34)33-18-5-4-17(26)22(23(18)27)15-8-14-11-32-21(29-3)10-19(14)31-12-15/h4-12H,1-3H3,(H,29,32)(H,33,34). The third-order valence-electron chi connectivity index (χ3n) is 5.44. The molecule has 4 aromatic rings. The van der Waals surface area contributed by atoms with Crippen molar-refractivity contribution in [2.75, 3.05) is 17.7 Å². The Hall–Kier alpha value is -4.09. The van der Waals surface area contributed by atoms with Crippen LogP contribution in [0.15, 0.2) is 55.0 Å². The molecule has 1 amide bonds. The summed E-state index contributed by atoms with van der Waals surface area (Å²) >= 11 is 6.33. The fourth-order valence-corrected chi connectivity index (χ4v) is 3.66. The van der Waals surface area contributed by atoms with Crippen molar-refractivity contribution in [3.8, 4) is 17.2 Å². The Balaban J connectivity index is 1.69. The van der Waals surface area contributed by atoms with Crippen molar-refractivity contribution in [3.05, 3.63) is 77.1 Å². The highest BCUT2D eigenvalue weighted by Gasteiger charge is 2.22. The van der Waals surface area contributed by atoms with E-state index in [0.29, 0.717) is 27.8 Å². The van der Waals surface area contributed by atoms with Gasteiger partial charge in [-0.05, 0) is 49.7 Å². The number of hydrogen-bond donors (Lipinski definition) is 2. The van der Waals surface area contributed by atoms with Crippen molar-refractivity contribution in [3.63, 3.8) is 0 Å². The van der Waals surface area contributed by atoms with Crippen LogP contribution in [0.3, 0.4) is 0 Å². The van der Waals surface area contributed by atoms with Crippen LogP contribution in [0, 0.1) is 17.1 Å². The zero-order valence-corrected chi connectivity index (χ0v) is 19.4. The molecule has 0 fully saturated rings. The van der Waals surface area contributed by atoms with Gasteiger partial charge in [0.25, 0.3) is 5.91 Å². The fourth-order valence-electron chi connectivity index (χ4n) is 3.40. The van der Waals surface area contributed by atoms with Crippen LogP contribution in [0.2, 0.25) is 5.02 Å². The number of fused-ring (bicyclic) bond motifs is 1. The summed E-state index contributed by atoms with van der Waals surface area (Å²) in [5.41, 5.74) is 1.08. The highest BCUT2D eigenvalue weighted by Crippen LogP contribution is 2.35. The first-order chi connectivity index (χ1) is 16.2. The molecule has 7 nitrogen and oxygen atoms in total. The molecule has 0 radical (unpaired) electrons. The van der Waals surface area contributed by atoms with E-state index in [0.717, 1.165) is 0 Å². The zero-order valence-electron chi connectivity index (χ0n) is 18.6. The van der Waals surface area contributed by atoms with E-state index in [1.165, 1.54) is 30.6 Å². The number of aromatic nitrogens is 3. The number of nitrogens with one attached hydrogen (secondary N) is 2. The first-order valence-corrected chi connectivity index (χ1v) is 10.7. The summed E-state index contributed by atoms with van der Waals surface area (Å²) in [6.07, 6.45) is 4.60. The molecule has 170 valence electrons. The van der Waals surface area contributed by atoms with Gasteiger partial charge >= 0.3 is 0 Å². The van der Waals surface area contributed by atoms with Gasteiger partial charge in [-0.25, -0.2) is 9.37 Å². The topological polar surface area (TPSA) is 104 Å². The molecule has 2 N–H and O–H groups in total. The van der Waals surface area contributed by atoms with Crippen molar-refractivity contribution < 1.29 is 9.18 Å². The minimum Gasteiger partial charge on any atom is -0.373 e. The summed E-state index contributed by atoms with van der Waals surface area (Å²) in [4.78, 5) is 25.5. The van der Waals surface area contributed by atoms with Crippen molar-refractivity contribution in [2.24, 2.45) is 0 Å². The molecular weight excluding hydrogens is 455 g/mol. The summed E-state index contributed by atoms with van der Waals surface area (Å²) in [7, 11) is 1.76. The second-order valence-electron chi connectivity index (χ2n) is 8.14. The number of carbonyl (C=O) groups excluding carboxylic acids is 1. The normalized spacial score (nSPS) is 11.2. The van der Waals surface area contributed by atoms with Gasteiger partial charge in [-0.3, -0.25) is 14.8 Å². The van der Waals surface area contributed by atoms with Crippen molar-refractivity contribution in [1.29, 1.82) is 5.26 Å². The van der Waals surface area contributed by atoms with Gasteiger partial charge < -0.3 is 10.6 Å². The third-order valence-corrected chi connectivity index (χ3v) is 5.76. The monoisotopic (exact) mass is 474 g/mol. The average molecular weight is 475 g/mol. The second-order valence-corrected chi connectivity index (χ2v) is 8.55. The molecule has 1 aromatic carbocycles. The Labute approximate surface area is 200 Å². The molecule has 0 aliphatic heterocycles. The molecule has 3 heterocycles. The number of nitriles is 1. The van der Waals surface area contributed by atoms with E-state index in [4.69, 9.17) is 11.6 Å². The third kappa shape index (κ3) is 4.38. The quantitative estimate of drug-likeness (QED) is 0.391. The predicted octanol–water partition coefficient (Wildman–Crippen LogP) is 5.58. The van der Waals surface area contributed by atoms with Crippen LogP contribution in [0.1, 0.15) is 29.9 Å². The summed E-state index contributed by atoms with van der Waals surface area (Å²) in [6, 6.07) is 11.8. The van der Waals surface area contributed by atoms with E-state index < -0.39 is 17.1 Å². The SMILES string of the molecule is CNc1cc2ncc(-c3c(Cl)ccc(NC(=O)c4cc(C(C)(C)C#N)ccn4)c3F)cc2cn1. The molecule has 9 heteroatoms. The van der Waals surface area contributed by atoms with Crippen LogP contribution >= 0.6 is 11.6 Å². The van der Waals surface area contributed by atoms with Crippen molar-refractivity contribution >= 4 is 39.9 Å². The van der Waals surface area contributed by atoms with E-state index in [9.17, 15) is 10.1 Å². The Morgan fingerprint density at radius 3 is 2.65 bits per heavy atom. The summed E-state index contributed by atoms with van der Waals surface area (Å²) in [6.45, 7) is 3.48. The Morgan fingerprint density at radius 2 is 1.91 bits per heavy atom. The Bertz CT molecular complexity index is 1460. The summed E-state index contributed by atoms with van der Waals surface area (Å²) < 4.78 is 15.5. The molecule has 4 rings (SSSR count). The number of rotatable bonds is 5. The lowest BCUT2D eigenvalue weighted by Crippen LogP contribution is -2.18. The first kappa shape index (κ1) is 23.1. The van der Waals surface area contributed by atoms with Gasteiger partial charge in [0.1, 0.15) is 11.5 Å². The first-order valence-electron chi connectivity index (χ1n) is 10.3. The van der Waals surface area contributed by atoms with Crippen LogP contribution in [0.4, 0.5) is 15.9 Å². The molecule has 3 aromatic heterocycles. The second kappa shape index (κ2) is 9.04. The lowest BCUT2D eigenvalue weighted by Gasteiger charge is -2.16. The highest BCUT2D eigenvalue weighted by molar-refractivity contribution is 6.33. The largest absolute Gasteiger partial charge is 0.373 e. The molecular formula is C25H20ClFN6O. The molecule has 34 heavy (non-hydrogen) atoms. The molecule has 0 bridgehead atoms. The van der Waals surface area contributed by atoms with Crippen LogP contribution in [0.5, 0.6) is 0 Å². The van der Waals surface area contributed by atoms with Crippen LogP contribution in [-0.2, 0) is 5.41 Å². The molecule has 0 spiro atoms. The number of carbonyl (C=O) groups is 1. The van der Waals surface area contributed by atoms with Gasteiger partial charge in [-0.2, -0.15) is 5.26 Å². The van der Waals surface area contributed by atoms with Gasteiger partial charge in [-0.1, -0.05) is 11.6 Å². The van der Waals surface area contributed by atoms with Crippen LogP contribution < -0.4 is 10.6 Å². The summed E-state index contributed by atoms with van der Waals surface area (Å²) in [5, 5.41) is 15.7. The number of nitrogens with zero attached hydrogens (tertiary/aromatic N) is 4. The van der Waals surface area contributed by atoms with E-state index in [1.54, 1.807) is 45.3 Å². The van der Waals surface area contributed by atoms with Crippen molar-refractivity contribution in [2.45, 2.75) is 19.3 Å². The Morgan fingerprint density at radius 1 is 1.12 bits per heavy atom. The number of halogens is 2. The molecule has 0 aliphatic rings. The lowest BCUT2D eigenvalue weighted by atomic mass is 9.86. The number of pyridine rings is 3. The van der Waals surface area contributed by atoms with Gasteiger partial charge in [0.2, 0.25) is 0 Å². The minimum absolute atomic E-state index is 0.0556. The number of anilines is 2. The average Bonchev–Trinajstić information content (AvgIpc) is 2.85. The maximum Gasteiger partial charge on any atom is 0.274 e. The predicted molar refractivity (Wildman–Crippen MR) is 130 cm³/mol. The fraction of sp³-hybridized carbons (Fsp3) is 0.160. The van der Waals surface area contributed by atoms with Crippen LogP contribution in [0.25, 0.3) is 22.0 Å². The van der Waals surface area contributed by atoms with Crippen molar-refractivity contribution in [1.82, 2.24) is 15.0 Å². The number of benzene rings is 1. The molecule has 0 saturated heterocycles. The maximum absolute atomic E-state index is 15.5. The van der Waals surface area contributed by atoms with E-state index in [-0.39, 0.29) is 22.0 Å². The minimum atomic E-state index is -0.803. The maximum atomic E-state index is 15.5. The van der Waals surface area contributed by atoms with Crippen LogP contribution in [-0.4, -0.2) is 27.9 Å². The van der Waals surface area contributed by atoms with Gasteiger partial charge in [0, 0.05) is 48.2 Å². The van der Waals surface area contributed by atoms with Gasteiger partial charge in [0.05, 0.1) is 27.7 Å². The summed E-state index contributed by atoms with van der Waals surface area (Å²) in [5.74, 6) is -0.643. The van der Waals surface area contributed by atoms with Gasteiger partial charge in [-0.15, -0.1) is 0 Å². The lowest BCUT2D eigenvalue weighted by molar-refractivity contribution is 0.102. The van der Waals surface area contributed by atoms with E-state index in [2.05, 4.69) is 31.7 Å². The Kier molecular flexibility index (Phi) is 6.14. The molecule has 0 aliphatic carbocycles. The van der Waals surface area contributed by atoms with E-state index >= 15 is 4.39 Å². The zero-order chi connectivity index (χ0) is 24.5. The smallest absolute Gasteiger partial charge is 0.274 e. The van der Waals surface area contributed by atoms with E-state index in [1.807, 2.05) is 0 Å². The molecule has 0 saturated carbocycles. The molecule has 0 atom stereocenters. The number of amides is 1. The van der Waals surface area contributed by atoms with Gasteiger partial charge in [0.15, 0.2) is 5.82 Å². The number of hydrogen-bond acceptors (Lipinski definition) is 6. The molecule has 0 unspecified atom stereocenters.